The van der Waals surface area contributed by atoms with E-state index in [1.54, 1.807) is 0 Å². The van der Waals surface area contributed by atoms with Crippen LogP contribution in [-0.2, 0) is 4.79 Å². The summed E-state index contributed by atoms with van der Waals surface area (Å²) in [5.74, 6) is 0.565. The molecule has 0 bridgehead atoms. The monoisotopic (exact) mass is 239 g/mol. The van der Waals surface area contributed by atoms with Crippen LogP contribution in [-0.4, -0.2) is 35.1 Å². The van der Waals surface area contributed by atoms with Crippen molar-refractivity contribution in [3.05, 3.63) is 0 Å². The Labute approximate surface area is 104 Å². The van der Waals surface area contributed by atoms with Crippen LogP contribution in [0.25, 0.3) is 0 Å². The molecule has 0 saturated heterocycles. The number of aliphatic hydroxyl groups excluding tert-OH is 1. The largest absolute Gasteiger partial charge is 0.395 e. The summed E-state index contributed by atoms with van der Waals surface area (Å²) >= 11 is 0. The molecule has 98 valence electrons. The fraction of sp³-hybridized carbons (Fsp3) is 0.929. The quantitative estimate of drug-likeness (QED) is 0.765. The van der Waals surface area contributed by atoms with Crippen molar-refractivity contribution in [2.75, 3.05) is 13.2 Å². The van der Waals surface area contributed by atoms with Crippen LogP contribution in [0.3, 0.4) is 0 Å². The Hall–Kier alpha value is -0.570. The van der Waals surface area contributed by atoms with Crippen LogP contribution in [0.1, 0.15) is 57.8 Å². The van der Waals surface area contributed by atoms with Crippen molar-refractivity contribution in [1.82, 2.24) is 4.90 Å². The van der Waals surface area contributed by atoms with Gasteiger partial charge in [0.25, 0.3) is 0 Å². The van der Waals surface area contributed by atoms with Crippen molar-refractivity contribution >= 4 is 5.91 Å². The molecule has 0 aromatic rings. The molecule has 1 amide bonds. The van der Waals surface area contributed by atoms with E-state index in [2.05, 4.69) is 0 Å². The number of carbonyl (C=O) groups excluding carboxylic acids is 1. The summed E-state index contributed by atoms with van der Waals surface area (Å²) in [6.45, 7) is 0.648. The van der Waals surface area contributed by atoms with Gasteiger partial charge in [0.05, 0.1) is 6.61 Å². The number of aliphatic hydroxyl groups is 1. The van der Waals surface area contributed by atoms with Crippen LogP contribution in [0.2, 0.25) is 0 Å². The lowest BCUT2D eigenvalue weighted by atomic mass is 9.89. The van der Waals surface area contributed by atoms with Gasteiger partial charge in [-0.25, -0.2) is 0 Å². The van der Waals surface area contributed by atoms with Crippen molar-refractivity contribution in [3.8, 4) is 0 Å². The van der Waals surface area contributed by atoms with Crippen molar-refractivity contribution < 1.29 is 9.90 Å². The molecule has 2 aliphatic rings. The summed E-state index contributed by atoms with van der Waals surface area (Å²) < 4.78 is 0. The molecule has 3 heteroatoms. The molecule has 1 N–H and O–H groups in total. The zero-order chi connectivity index (χ0) is 12.1. The van der Waals surface area contributed by atoms with E-state index >= 15 is 0 Å². The standard InChI is InChI=1S/C14H25NO2/c16-11-10-15(13-8-5-9-13)14(17)12-6-3-1-2-4-7-12/h12-13,16H,1-11H2. The summed E-state index contributed by atoms with van der Waals surface area (Å²) in [5.41, 5.74) is 0. The molecule has 3 nitrogen and oxygen atoms in total. The molecule has 0 spiro atoms. The molecule has 0 aliphatic heterocycles. The predicted molar refractivity (Wildman–Crippen MR) is 67.6 cm³/mol. The maximum absolute atomic E-state index is 12.5. The van der Waals surface area contributed by atoms with Crippen molar-refractivity contribution in [2.24, 2.45) is 5.92 Å². The van der Waals surface area contributed by atoms with Gasteiger partial charge in [-0.3, -0.25) is 4.79 Å². The highest BCUT2D eigenvalue weighted by atomic mass is 16.3. The highest BCUT2D eigenvalue weighted by Crippen LogP contribution is 2.30. The lowest BCUT2D eigenvalue weighted by molar-refractivity contribution is -0.140. The Morgan fingerprint density at radius 1 is 1.00 bits per heavy atom. The van der Waals surface area contributed by atoms with E-state index in [0.717, 1.165) is 25.7 Å². The van der Waals surface area contributed by atoms with Gasteiger partial charge in [0.2, 0.25) is 5.91 Å². The topological polar surface area (TPSA) is 40.5 Å². The minimum atomic E-state index is 0.106. The smallest absolute Gasteiger partial charge is 0.226 e. The molecule has 0 unspecified atom stereocenters. The minimum Gasteiger partial charge on any atom is -0.395 e. The molecule has 0 aromatic carbocycles. The van der Waals surface area contributed by atoms with Gasteiger partial charge in [0.15, 0.2) is 0 Å². The Morgan fingerprint density at radius 2 is 1.65 bits per heavy atom. The first-order valence-electron chi connectivity index (χ1n) is 7.24. The molecule has 17 heavy (non-hydrogen) atoms. The summed E-state index contributed by atoms with van der Waals surface area (Å²) in [6.07, 6.45) is 10.6. The lowest BCUT2D eigenvalue weighted by Crippen LogP contribution is -2.48. The third-order valence-electron chi connectivity index (χ3n) is 4.34. The van der Waals surface area contributed by atoms with Gasteiger partial charge in [-0.2, -0.15) is 0 Å². The third-order valence-corrected chi connectivity index (χ3v) is 4.34. The number of amides is 1. The Kier molecular flexibility index (Phi) is 4.84. The Morgan fingerprint density at radius 3 is 2.12 bits per heavy atom. The first-order chi connectivity index (χ1) is 8.33. The Balaban J connectivity index is 1.93. The highest BCUT2D eigenvalue weighted by molar-refractivity contribution is 5.79. The maximum atomic E-state index is 12.5. The van der Waals surface area contributed by atoms with Crippen LogP contribution >= 0.6 is 0 Å². The van der Waals surface area contributed by atoms with Gasteiger partial charge >= 0.3 is 0 Å². The van der Waals surface area contributed by atoms with Gasteiger partial charge in [0, 0.05) is 18.5 Å². The van der Waals surface area contributed by atoms with E-state index in [-0.39, 0.29) is 12.5 Å². The average Bonchev–Trinajstić information content (AvgIpc) is 2.53. The van der Waals surface area contributed by atoms with Crippen molar-refractivity contribution in [3.63, 3.8) is 0 Å². The summed E-state index contributed by atoms with van der Waals surface area (Å²) in [4.78, 5) is 14.5. The van der Waals surface area contributed by atoms with E-state index in [1.165, 1.54) is 32.1 Å². The van der Waals surface area contributed by atoms with Gasteiger partial charge in [-0.15, -0.1) is 0 Å². The third kappa shape index (κ3) is 3.21. The maximum Gasteiger partial charge on any atom is 0.226 e. The molecular weight excluding hydrogens is 214 g/mol. The average molecular weight is 239 g/mol. The van der Waals surface area contributed by atoms with Gasteiger partial charge < -0.3 is 10.0 Å². The zero-order valence-corrected chi connectivity index (χ0v) is 10.7. The number of hydrogen-bond acceptors (Lipinski definition) is 2. The molecule has 0 atom stereocenters. The van der Waals surface area contributed by atoms with Crippen LogP contribution in [0.4, 0.5) is 0 Å². The number of hydrogen-bond donors (Lipinski definition) is 1. The van der Waals surface area contributed by atoms with Gasteiger partial charge in [-0.1, -0.05) is 25.7 Å². The van der Waals surface area contributed by atoms with E-state index in [1.807, 2.05) is 4.90 Å². The molecule has 2 saturated carbocycles. The van der Waals surface area contributed by atoms with E-state index < -0.39 is 0 Å². The number of carbonyl (C=O) groups is 1. The normalized spacial score (nSPS) is 22.9. The molecule has 2 rings (SSSR count). The van der Waals surface area contributed by atoms with Gasteiger partial charge in [0.1, 0.15) is 0 Å². The summed E-state index contributed by atoms with van der Waals surface area (Å²) in [7, 11) is 0. The first-order valence-corrected chi connectivity index (χ1v) is 7.24. The number of rotatable bonds is 4. The molecule has 0 radical (unpaired) electrons. The second-order valence-corrected chi connectivity index (χ2v) is 5.53. The van der Waals surface area contributed by atoms with Gasteiger partial charge in [-0.05, 0) is 32.1 Å². The van der Waals surface area contributed by atoms with Crippen molar-refractivity contribution in [2.45, 2.75) is 63.8 Å². The SMILES string of the molecule is O=C(C1CCCCCC1)N(CCO)C1CCC1. The summed E-state index contributed by atoms with van der Waals surface area (Å²) in [5, 5.41) is 9.11. The first kappa shape index (κ1) is 12.9. The lowest BCUT2D eigenvalue weighted by Gasteiger charge is -2.39. The predicted octanol–water partition coefficient (Wildman–Crippen LogP) is 2.33. The molecule has 2 fully saturated rings. The second kappa shape index (κ2) is 6.39. The van der Waals surface area contributed by atoms with E-state index in [9.17, 15) is 4.79 Å². The van der Waals surface area contributed by atoms with E-state index in [4.69, 9.17) is 5.11 Å². The molecular formula is C14H25NO2. The molecule has 0 aromatic heterocycles. The van der Waals surface area contributed by atoms with Crippen LogP contribution in [0, 0.1) is 5.92 Å². The highest BCUT2D eigenvalue weighted by Gasteiger charge is 2.32. The molecule has 0 heterocycles. The number of nitrogens with zero attached hydrogens (tertiary/aromatic N) is 1. The van der Waals surface area contributed by atoms with Crippen LogP contribution < -0.4 is 0 Å². The minimum absolute atomic E-state index is 0.106. The zero-order valence-electron chi connectivity index (χ0n) is 10.7. The molecule has 2 aliphatic carbocycles. The Bertz CT molecular complexity index is 243. The van der Waals surface area contributed by atoms with Crippen molar-refractivity contribution in [1.29, 1.82) is 0 Å². The van der Waals surface area contributed by atoms with E-state index in [0.29, 0.717) is 18.5 Å². The fourth-order valence-corrected chi connectivity index (χ4v) is 3.04. The van der Waals surface area contributed by atoms with Crippen LogP contribution in [0.5, 0.6) is 0 Å². The summed E-state index contributed by atoms with van der Waals surface area (Å²) in [6, 6.07) is 0.429. The fourth-order valence-electron chi connectivity index (χ4n) is 3.04. The van der Waals surface area contributed by atoms with Crippen LogP contribution in [0.15, 0.2) is 0 Å². The second-order valence-electron chi connectivity index (χ2n) is 5.53.